The van der Waals surface area contributed by atoms with Crippen LogP contribution in [0.1, 0.15) is 73.6 Å². The van der Waals surface area contributed by atoms with E-state index in [4.69, 9.17) is 0 Å². The maximum absolute atomic E-state index is 13.0. The molecule has 0 heterocycles. The fourth-order valence-corrected chi connectivity index (χ4v) is 4.97. The molecule has 2 aliphatic rings. The van der Waals surface area contributed by atoms with E-state index in [1.54, 1.807) is 0 Å². The molecule has 1 aromatic carbocycles. The summed E-state index contributed by atoms with van der Waals surface area (Å²) in [6.07, 6.45) is 6.40. The van der Waals surface area contributed by atoms with Gasteiger partial charge in [-0.25, -0.2) is 0 Å². The van der Waals surface area contributed by atoms with Crippen molar-refractivity contribution in [3.63, 3.8) is 0 Å². The molecule has 0 aliphatic heterocycles. The van der Waals surface area contributed by atoms with Crippen LogP contribution in [0.25, 0.3) is 0 Å². The topological polar surface area (TPSA) is 34.1 Å². The van der Waals surface area contributed by atoms with Crippen LogP contribution in [0.15, 0.2) is 12.1 Å². The van der Waals surface area contributed by atoms with E-state index in [-0.39, 0.29) is 17.5 Å². The first-order valence-corrected chi connectivity index (χ1v) is 9.51. The molecular formula is C22H30O2. The second-order valence-electron chi connectivity index (χ2n) is 8.38. The molecule has 3 rings (SSSR count). The summed E-state index contributed by atoms with van der Waals surface area (Å²) in [5, 5.41) is 0. The van der Waals surface area contributed by atoms with Gasteiger partial charge in [0.05, 0.1) is 0 Å². The molecule has 2 nitrogen and oxygen atoms in total. The third kappa shape index (κ3) is 3.34. The third-order valence-electron chi connectivity index (χ3n) is 6.24. The first kappa shape index (κ1) is 17.4. The Labute approximate surface area is 146 Å². The molecular weight excluding hydrogens is 296 g/mol. The number of hydrogen-bond donors (Lipinski definition) is 0. The number of carbonyl (C=O) groups is 2. The van der Waals surface area contributed by atoms with Crippen molar-refractivity contribution in [2.24, 2.45) is 17.8 Å². The molecule has 0 bridgehead atoms. The molecule has 0 amide bonds. The molecule has 0 radical (unpaired) electrons. The lowest BCUT2D eigenvalue weighted by atomic mass is 9.77. The van der Waals surface area contributed by atoms with Crippen LogP contribution < -0.4 is 0 Å². The molecule has 2 atom stereocenters. The molecule has 0 N–H and O–H groups in total. The van der Waals surface area contributed by atoms with Gasteiger partial charge >= 0.3 is 0 Å². The normalized spacial score (nSPS) is 30.8. The van der Waals surface area contributed by atoms with Crippen molar-refractivity contribution in [1.82, 2.24) is 0 Å². The van der Waals surface area contributed by atoms with Gasteiger partial charge in [0.25, 0.3) is 0 Å². The summed E-state index contributed by atoms with van der Waals surface area (Å²) in [5.41, 5.74) is 4.35. The summed E-state index contributed by atoms with van der Waals surface area (Å²) in [6, 6.07) is 4.19. The van der Waals surface area contributed by atoms with Gasteiger partial charge in [0.1, 0.15) is 11.7 Å². The monoisotopic (exact) mass is 326 g/mol. The first-order valence-electron chi connectivity index (χ1n) is 9.51. The van der Waals surface area contributed by atoms with Crippen molar-refractivity contribution >= 4 is 11.6 Å². The Morgan fingerprint density at radius 3 is 2.12 bits per heavy atom. The van der Waals surface area contributed by atoms with E-state index in [1.807, 2.05) is 13.8 Å². The lowest BCUT2D eigenvalue weighted by Crippen LogP contribution is -2.21. The standard InChI is InChI=1S/C22H30O2/c1-13-5-7-17(8-6-13)11-18-12-19(23)21(22(18)24)20-15(3)9-14(2)10-16(20)4/h9-10,13,17-18,21H,5-8,11-12H2,1-4H3. The highest BCUT2D eigenvalue weighted by Gasteiger charge is 2.43. The van der Waals surface area contributed by atoms with Gasteiger partial charge in [-0.2, -0.15) is 0 Å². The van der Waals surface area contributed by atoms with E-state index in [0.717, 1.165) is 29.0 Å². The summed E-state index contributed by atoms with van der Waals surface area (Å²) in [5.74, 6) is 1.26. The largest absolute Gasteiger partial charge is 0.298 e. The van der Waals surface area contributed by atoms with Crippen LogP contribution in [0, 0.1) is 38.5 Å². The quantitative estimate of drug-likeness (QED) is 0.727. The number of benzene rings is 1. The minimum atomic E-state index is -0.502. The van der Waals surface area contributed by atoms with Gasteiger partial charge in [-0.05, 0) is 55.7 Å². The molecule has 2 saturated carbocycles. The molecule has 24 heavy (non-hydrogen) atoms. The molecule has 2 unspecified atom stereocenters. The Kier molecular flexibility index (Phi) is 4.94. The highest BCUT2D eigenvalue weighted by atomic mass is 16.2. The fourth-order valence-electron chi connectivity index (χ4n) is 4.97. The zero-order valence-electron chi connectivity index (χ0n) is 15.5. The second kappa shape index (κ2) is 6.82. The number of hydrogen-bond acceptors (Lipinski definition) is 2. The average Bonchev–Trinajstić information content (AvgIpc) is 2.76. The fraction of sp³-hybridized carbons (Fsp3) is 0.636. The number of Topliss-reactive ketones (excluding diaryl/α,β-unsaturated/α-hetero) is 2. The summed E-state index contributed by atoms with van der Waals surface area (Å²) >= 11 is 0. The summed E-state index contributed by atoms with van der Waals surface area (Å²) in [6.45, 7) is 8.45. The second-order valence-corrected chi connectivity index (χ2v) is 8.38. The lowest BCUT2D eigenvalue weighted by Gasteiger charge is -2.27. The highest BCUT2D eigenvalue weighted by Crippen LogP contribution is 2.41. The third-order valence-corrected chi connectivity index (χ3v) is 6.24. The van der Waals surface area contributed by atoms with Gasteiger partial charge in [-0.3, -0.25) is 9.59 Å². The molecule has 1 aromatic rings. The van der Waals surface area contributed by atoms with E-state index in [2.05, 4.69) is 26.0 Å². The van der Waals surface area contributed by atoms with Gasteiger partial charge < -0.3 is 0 Å². The Morgan fingerprint density at radius 1 is 0.958 bits per heavy atom. The summed E-state index contributed by atoms with van der Waals surface area (Å²) in [7, 11) is 0. The minimum Gasteiger partial charge on any atom is -0.298 e. The van der Waals surface area contributed by atoms with Crippen molar-refractivity contribution < 1.29 is 9.59 Å². The number of aryl methyl sites for hydroxylation is 3. The summed E-state index contributed by atoms with van der Waals surface area (Å²) < 4.78 is 0. The molecule has 130 valence electrons. The van der Waals surface area contributed by atoms with Crippen molar-refractivity contribution in [1.29, 1.82) is 0 Å². The minimum absolute atomic E-state index is 0.0407. The maximum atomic E-state index is 13.0. The SMILES string of the molecule is Cc1cc(C)c(C2C(=O)CC(CC3CCC(C)CC3)C2=O)c(C)c1. The smallest absolute Gasteiger partial charge is 0.151 e. The summed E-state index contributed by atoms with van der Waals surface area (Å²) in [4.78, 5) is 25.7. The Hall–Kier alpha value is -1.44. The number of rotatable bonds is 3. The Bertz CT molecular complexity index is 627. The lowest BCUT2D eigenvalue weighted by molar-refractivity contribution is -0.125. The predicted octanol–water partition coefficient (Wildman–Crippen LogP) is 5.07. The van der Waals surface area contributed by atoms with Crippen LogP contribution in [0.5, 0.6) is 0 Å². The van der Waals surface area contributed by atoms with Crippen LogP contribution in [-0.4, -0.2) is 11.6 Å². The zero-order chi connectivity index (χ0) is 17.4. The maximum Gasteiger partial charge on any atom is 0.151 e. The van der Waals surface area contributed by atoms with Crippen LogP contribution in [0.3, 0.4) is 0 Å². The van der Waals surface area contributed by atoms with Gasteiger partial charge in [0.15, 0.2) is 5.78 Å². The highest BCUT2D eigenvalue weighted by molar-refractivity contribution is 6.14. The van der Waals surface area contributed by atoms with E-state index in [9.17, 15) is 9.59 Å². The first-order chi connectivity index (χ1) is 11.4. The molecule has 0 spiro atoms. The van der Waals surface area contributed by atoms with E-state index in [1.165, 1.54) is 31.2 Å². The Balaban J connectivity index is 1.77. The van der Waals surface area contributed by atoms with E-state index in [0.29, 0.717) is 12.3 Å². The van der Waals surface area contributed by atoms with Crippen LogP contribution in [0.4, 0.5) is 0 Å². The van der Waals surface area contributed by atoms with E-state index < -0.39 is 5.92 Å². The van der Waals surface area contributed by atoms with Gasteiger partial charge in [-0.15, -0.1) is 0 Å². The van der Waals surface area contributed by atoms with Gasteiger partial charge in [0.2, 0.25) is 0 Å². The van der Waals surface area contributed by atoms with Crippen molar-refractivity contribution in [2.45, 2.75) is 72.1 Å². The van der Waals surface area contributed by atoms with Crippen LogP contribution >= 0.6 is 0 Å². The predicted molar refractivity (Wildman–Crippen MR) is 97.3 cm³/mol. The molecule has 2 heteroatoms. The van der Waals surface area contributed by atoms with Crippen molar-refractivity contribution in [3.8, 4) is 0 Å². The molecule has 2 fully saturated rings. The van der Waals surface area contributed by atoms with Crippen molar-refractivity contribution in [3.05, 3.63) is 34.4 Å². The molecule has 0 aromatic heterocycles. The number of ketones is 2. The zero-order valence-corrected chi connectivity index (χ0v) is 15.5. The average molecular weight is 326 g/mol. The van der Waals surface area contributed by atoms with Crippen LogP contribution in [0.2, 0.25) is 0 Å². The molecule has 0 saturated heterocycles. The van der Waals surface area contributed by atoms with Gasteiger partial charge in [0, 0.05) is 12.3 Å². The Morgan fingerprint density at radius 2 is 1.54 bits per heavy atom. The molecule has 2 aliphatic carbocycles. The van der Waals surface area contributed by atoms with Crippen LogP contribution in [-0.2, 0) is 9.59 Å². The number of carbonyl (C=O) groups excluding carboxylic acids is 2. The van der Waals surface area contributed by atoms with Crippen molar-refractivity contribution in [2.75, 3.05) is 0 Å². The van der Waals surface area contributed by atoms with E-state index >= 15 is 0 Å². The van der Waals surface area contributed by atoms with Gasteiger partial charge in [-0.1, -0.05) is 50.3 Å².